The maximum absolute atomic E-state index is 13.6. The Kier molecular flexibility index (Phi) is 6.84. The number of benzene rings is 3. The van der Waals surface area contributed by atoms with Gasteiger partial charge in [0, 0.05) is 6.42 Å². The van der Waals surface area contributed by atoms with Crippen LogP contribution in [0.1, 0.15) is 29.2 Å². The van der Waals surface area contributed by atoms with Crippen LogP contribution in [0.2, 0.25) is 0 Å². The number of amides is 1. The molecule has 156 valence electrons. The van der Waals surface area contributed by atoms with Crippen LogP contribution in [0.5, 0.6) is 0 Å². The summed E-state index contributed by atoms with van der Waals surface area (Å²) < 4.78 is 4.95. The van der Waals surface area contributed by atoms with E-state index < -0.39 is 17.4 Å². The van der Waals surface area contributed by atoms with Gasteiger partial charge in [-0.15, -0.1) is 0 Å². The van der Waals surface area contributed by atoms with E-state index >= 15 is 0 Å². The summed E-state index contributed by atoms with van der Waals surface area (Å²) in [6, 6.07) is 27.1. The fourth-order valence-electron chi connectivity index (χ4n) is 3.56. The molecule has 0 aliphatic rings. The highest BCUT2D eigenvalue weighted by molar-refractivity contribution is 5.94. The van der Waals surface area contributed by atoms with E-state index in [-0.39, 0.29) is 12.3 Å². The summed E-state index contributed by atoms with van der Waals surface area (Å²) >= 11 is 0. The second-order valence-electron chi connectivity index (χ2n) is 7.42. The van der Waals surface area contributed by atoms with Crippen LogP contribution in [0.15, 0.2) is 84.9 Å². The van der Waals surface area contributed by atoms with Crippen molar-refractivity contribution in [1.29, 1.82) is 5.26 Å². The summed E-state index contributed by atoms with van der Waals surface area (Å²) in [6.07, 6.45) is 0.254. The van der Waals surface area contributed by atoms with Crippen LogP contribution in [0.3, 0.4) is 0 Å². The van der Waals surface area contributed by atoms with Crippen LogP contribution in [-0.4, -0.2) is 25.0 Å². The molecule has 0 unspecified atom stereocenters. The Balaban J connectivity index is 1.93. The predicted molar refractivity (Wildman–Crippen MR) is 118 cm³/mol. The lowest BCUT2D eigenvalue weighted by molar-refractivity contribution is -0.145. The van der Waals surface area contributed by atoms with E-state index in [1.54, 1.807) is 24.3 Å². The molecule has 5 nitrogen and oxygen atoms in total. The molecular weight excluding hydrogens is 388 g/mol. The molecule has 0 fully saturated rings. The molecule has 0 aromatic heterocycles. The van der Waals surface area contributed by atoms with Gasteiger partial charge in [-0.05, 0) is 35.7 Å². The van der Waals surface area contributed by atoms with E-state index in [4.69, 9.17) is 10.00 Å². The molecule has 1 amide bonds. The van der Waals surface area contributed by atoms with Gasteiger partial charge in [-0.3, -0.25) is 4.79 Å². The van der Waals surface area contributed by atoms with Crippen molar-refractivity contribution in [2.75, 3.05) is 7.11 Å². The van der Waals surface area contributed by atoms with Gasteiger partial charge < -0.3 is 10.1 Å². The molecule has 0 aliphatic heterocycles. The van der Waals surface area contributed by atoms with Gasteiger partial charge in [-0.2, -0.15) is 5.26 Å². The van der Waals surface area contributed by atoms with Crippen molar-refractivity contribution in [1.82, 2.24) is 5.32 Å². The number of nitrogens with one attached hydrogen (secondary N) is 1. The second-order valence-corrected chi connectivity index (χ2v) is 7.42. The number of methoxy groups -OCH3 is 1. The summed E-state index contributed by atoms with van der Waals surface area (Å²) in [7, 11) is 1.30. The van der Waals surface area contributed by atoms with Crippen LogP contribution in [0.4, 0.5) is 0 Å². The molecule has 3 aromatic carbocycles. The van der Waals surface area contributed by atoms with Gasteiger partial charge in [-0.1, -0.05) is 72.8 Å². The Hall–Kier alpha value is -3.91. The zero-order chi connectivity index (χ0) is 22.3. The number of nitriles is 1. The number of ether oxygens (including phenoxy) is 1. The SMILES string of the molecule is COC(=O)[C@@H](Cc1ccc(C#N)cc1)NC(=O)C(C)(c1ccccc1)c1ccccc1. The van der Waals surface area contributed by atoms with Crippen molar-refractivity contribution < 1.29 is 14.3 Å². The van der Waals surface area contributed by atoms with Gasteiger partial charge in [0.2, 0.25) is 5.91 Å². The van der Waals surface area contributed by atoms with Gasteiger partial charge >= 0.3 is 5.97 Å². The number of rotatable bonds is 7. The lowest BCUT2D eigenvalue weighted by atomic mass is 9.75. The molecule has 0 bridgehead atoms. The average Bonchev–Trinajstić information content (AvgIpc) is 2.84. The molecule has 0 aliphatic carbocycles. The first-order valence-corrected chi connectivity index (χ1v) is 9.98. The normalized spacial score (nSPS) is 11.8. The van der Waals surface area contributed by atoms with Crippen molar-refractivity contribution in [2.45, 2.75) is 24.8 Å². The maximum atomic E-state index is 13.6. The zero-order valence-corrected chi connectivity index (χ0v) is 17.5. The number of esters is 1. The quantitative estimate of drug-likeness (QED) is 0.599. The first-order valence-electron chi connectivity index (χ1n) is 9.98. The van der Waals surface area contributed by atoms with Crippen molar-refractivity contribution in [3.63, 3.8) is 0 Å². The van der Waals surface area contributed by atoms with Gasteiger partial charge in [0.25, 0.3) is 0 Å². The molecule has 3 rings (SSSR count). The van der Waals surface area contributed by atoms with Crippen LogP contribution in [0, 0.1) is 11.3 Å². The molecule has 0 saturated carbocycles. The highest BCUT2D eigenvalue weighted by Crippen LogP contribution is 2.32. The maximum Gasteiger partial charge on any atom is 0.328 e. The lowest BCUT2D eigenvalue weighted by Crippen LogP contribution is -2.51. The highest BCUT2D eigenvalue weighted by atomic mass is 16.5. The Labute approximate surface area is 182 Å². The minimum atomic E-state index is -1.00. The lowest BCUT2D eigenvalue weighted by Gasteiger charge is -2.31. The Bertz CT molecular complexity index is 1030. The molecule has 0 spiro atoms. The summed E-state index contributed by atoms with van der Waals surface area (Å²) in [4.78, 5) is 26.1. The standard InChI is InChI=1S/C26H24N2O3/c1-26(21-9-5-3-6-10-21,22-11-7-4-8-12-22)25(30)28-23(24(29)31-2)17-19-13-15-20(18-27)16-14-19/h3-16,23H,17H2,1-2H3,(H,28,30)/t23-/m1/s1. The summed E-state index contributed by atoms with van der Waals surface area (Å²) in [5, 5.41) is 11.9. The van der Waals surface area contributed by atoms with Crippen molar-refractivity contribution in [3.8, 4) is 6.07 Å². The fraction of sp³-hybridized carbons (Fsp3) is 0.192. The van der Waals surface area contributed by atoms with Crippen LogP contribution < -0.4 is 5.32 Å². The van der Waals surface area contributed by atoms with Crippen molar-refractivity contribution >= 4 is 11.9 Å². The Morgan fingerprint density at radius 2 is 1.45 bits per heavy atom. The monoisotopic (exact) mass is 412 g/mol. The molecule has 0 radical (unpaired) electrons. The Morgan fingerprint density at radius 1 is 0.935 bits per heavy atom. The third-order valence-electron chi connectivity index (χ3n) is 5.47. The van der Waals surface area contributed by atoms with E-state index in [2.05, 4.69) is 11.4 Å². The zero-order valence-electron chi connectivity index (χ0n) is 17.5. The van der Waals surface area contributed by atoms with Crippen LogP contribution in [0.25, 0.3) is 0 Å². The number of carbonyl (C=O) groups is 2. The first kappa shape index (κ1) is 21.8. The topological polar surface area (TPSA) is 79.2 Å². The summed E-state index contributed by atoms with van der Waals surface area (Å²) in [5.41, 5.74) is 1.99. The molecule has 1 N–H and O–H groups in total. The number of hydrogen-bond acceptors (Lipinski definition) is 4. The highest BCUT2D eigenvalue weighted by Gasteiger charge is 2.39. The molecular formula is C26H24N2O3. The van der Waals surface area contributed by atoms with E-state index in [1.165, 1.54) is 7.11 Å². The minimum absolute atomic E-state index is 0.254. The molecule has 0 saturated heterocycles. The van der Waals surface area contributed by atoms with Gasteiger partial charge in [0.1, 0.15) is 6.04 Å². The first-order chi connectivity index (χ1) is 15.0. The summed E-state index contributed by atoms with van der Waals surface area (Å²) in [5.74, 6) is -0.824. The predicted octanol–water partition coefficient (Wildman–Crippen LogP) is 3.76. The van der Waals surface area contributed by atoms with E-state index in [1.807, 2.05) is 67.6 Å². The fourth-order valence-corrected chi connectivity index (χ4v) is 3.56. The van der Waals surface area contributed by atoms with E-state index in [0.717, 1.165) is 16.7 Å². The molecule has 0 heterocycles. The molecule has 1 atom stereocenters. The molecule has 3 aromatic rings. The van der Waals surface area contributed by atoms with Crippen molar-refractivity contribution in [2.24, 2.45) is 0 Å². The number of carbonyl (C=O) groups excluding carboxylic acids is 2. The van der Waals surface area contributed by atoms with E-state index in [9.17, 15) is 9.59 Å². The van der Waals surface area contributed by atoms with Crippen LogP contribution >= 0.6 is 0 Å². The van der Waals surface area contributed by atoms with Crippen LogP contribution in [-0.2, 0) is 26.2 Å². The Morgan fingerprint density at radius 3 is 1.90 bits per heavy atom. The van der Waals surface area contributed by atoms with Gasteiger partial charge in [-0.25, -0.2) is 4.79 Å². The minimum Gasteiger partial charge on any atom is -0.467 e. The van der Waals surface area contributed by atoms with E-state index in [0.29, 0.717) is 5.56 Å². The average molecular weight is 412 g/mol. The van der Waals surface area contributed by atoms with Crippen molar-refractivity contribution in [3.05, 3.63) is 107 Å². The molecule has 31 heavy (non-hydrogen) atoms. The van der Waals surface area contributed by atoms with Gasteiger partial charge in [0.15, 0.2) is 0 Å². The molecule has 5 heteroatoms. The number of nitrogens with zero attached hydrogens (tertiary/aromatic N) is 1. The van der Waals surface area contributed by atoms with Gasteiger partial charge in [0.05, 0.1) is 24.2 Å². The third kappa shape index (κ3) is 4.81. The second kappa shape index (κ2) is 9.73. The number of hydrogen-bond donors (Lipinski definition) is 1. The summed E-state index contributed by atoms with van der Waals surface area (Å²) in [6.45, 7) is 1.85. The largest absolute Gasteiger partial charge is 0.467 e. The smallest absolute Gasteiger partial charge is 0.328 e. The third-order valence-corrected chi connectivity index (χ3v) is 5.47.